The molecule has 0 aliphatic carbocycles. The lowest BCUT2D eigenvalue weighted by Crippen LogP contribution is -2.11. The van der Waals surface area contributed by atoms with Crippen LogP contribution in [0.4, 0.5) is 0 Å². The second kappa shape index (κ2) is 4.25. The normalized spacial score (nSPS) is 9.83. The smallest absolute Gasteiger partial charge is 0.325 e. The molecule has 0 spiro atoms. The zero-order valence-corrected chi connectivity index (χ0v) is 8.24. The van der Waals surface area contributed by atoms with Crippen molar-refractivity contribution in [1.29, 1.82) is 0 Å². The van der Waals surface area contributed by atoms with Crippen molar-refractivity contribution in [2.45, 2.75) is 13.5 Å². The Morgan fingerprint density at radius 2 is 2.58 bits per heavy atom. The van der Waals surface area contributed by atoms with Crippen molar-refractivity contribution in [3.8, 4) is 0 Å². The van der Waals surface area contributed by atoms with Gasteiger partial charge in [-0.25, -0.2) is 4.98 Å². The van der Waals surface area contributed by atoms with Crippen LogP contribution in [0.3, 0.4) is 0 Å². The van der Waals surface area contributed by atoms with Gasteiger partial charge in [-0.3, -0.25) is 4.79 Å². The van der Waals surface area contributed by atoms with Crippen LogP contribution in [0.1, 0.15) is 6.92 Å². The van der Waals surface area contributed by atoms with Gasteiger partial charge in [0, 0.05) is 6.20 Å². The highest BCUT2D eigenvalue weighted by atomic mass is 79.9. The third-order valence-electron chi connectivity index (χ3n) is 1.22. The Morgan fingerprint density at radius 3 is 3.08 bits per heavy atom. The lowest BCUT2D eigenvalue weighted by molar-refractivity contribution is -0.143. The average molecular weight is 233 g/mol. The first-order chi connectivity index (χ1) is 5.72. The first-order valence-corrected chi connectivity index (χ1v) is 4.34. The second-order valence-electron chi connectivity index (χ2n) is 2.17. The Morgan fingerprint density at radius 1 is 1.83 bits per heavy atom. The largest absolute Gasteiger partial charge is 0.465 e. The van der Waals surface area contributed by atoms with Crippen LogP contribution in [0.25, 0.3) is 0 Å². The van der Waals surface area contributed by atoms with Gasteiger partial charge in [0.1, 0.15) is 11.1 Å². The molecule has 0 saturated heterocycles. The van der Waals surface area contributed by atoms with Crippen molar-refractivity contribution in [2.75, 3.05) is 6.61 Å². The first-order valence-electron chi connectivity index (χ1n) is 3.55. The third-order valence-corrected chi connectivity index (χ3v) is 1.63. The number of ether oxygens (including phenoxy) is 1. The van der Waals surface area contributed by atoms with E-state index in [1.807, 2.05) is 0 Å². The van der Waals surface area contributed by atoms with Crippen molar-refractivity contribution in [1.82, 2.24) is 9.55 Å². The van der Waals surface area contributed by atoms with E-state index in [4.69, 9.17) is 4.74 Å². The van der Waals surface area contributed by atoms with Gasteiger partial charge in [0.25, 0.3) is 0 Å². The predicted molar refractivity (Wildman–Crippen MR) is 46.6 cm³/mol. The van der Waals surface area contributed by atoms with Crippen LogP contribution >= 0.6 is 15.9 Å². The van der Waals surface area contributed by atoms with E-state index in [0.29, 0.717) is 11.2 Å². The molecule has 66 valence electrons. The molecule has 0 saturated carbocycles. The molecular weight excluding hydrogens is 224 g/mol. The van der Waals surface area contributed by atoms with E-state index in [2.05, 4.69) is 20.9 Å². The molecule has 0 aliphatic rings. The Bertz CT molecular complexity index is 272. The fraction of sp³-hybridized carbons (Fsp3) is 0.429. The summed E-state index contributed by atoms with van der Waals surface area (Å²) < 4.78 is 7.12. The maximum absolute atomic E-state index is 10.9. The lowest BCUT2D eigenvalue weighted by Gasteiger charge is -2.00. The Balaban J connectivity index is 2.46. The van der Waals surface area contributed by atoms with E-state index in [1.54, 1.807) is 24.0 Å². The summed E-state index contributed by atoms with van der Waals surface area (Å²) in [7, 11) is 0. The minimum absolute atomic E-state index is 0.215. The summed E-state index contributed by atoms with van der Waals surface area (Å²) in [5.74, 6) is -0.248. The van der Waals surface area contributed by atoms with Crippen molar-refractivity contribution in [3.63, 3.8) is 0 Å². The summed E-state index contributed by atoms with van der Waals surface area (Å²) in [6.45, 7) is 2.41. The van der Waals surface area contributed by atoms with E-state index in [1.165, 1.54) is 0 Å². The fourth-order valence-electron chi connectivity index (χ4n) is 0.775. The quantitative estimate of drug-likeness (QED) is 0.737. The number of hydrogen-bond donors (Lipinski definition) is 0. The van der Waals surface area contributed by atoms with Gasteiger partial charge in [0.15, 0.2) is 0 Å². The maximum Gasteiger partial charge on any atom is 0.325 e. The highest BCUT2D eigenvalue weighted by Crippen LogP contribution is 2.03. The van der Waals surface area contributed by atoms with Crippen LogP contribution in [0.15, 0.2) is 17.1 Å². The Kier molecular flexibility index (Phi) is 3.28. The van der Waals surface area contributed by atoms with Gasteiger partial charge in [0.2, 0.25) is 0 Å². The number of carbonyl (C=O) groups is 1. The number of carbonyl (C=O) groups excluding carboxylic acids is 1. The van der Waals surface area contributed by atoms with Gasteiger partial charge in [-0.2, -0.15) is 0 Å². The van der Waals surface area contributed by atoms with Crippen molar-refractivity contribution in [3.05, 3.63) is 17.1 Å². The number of imidazole rings is 1. The van der Waals surface area contributed by atoms with Crippen LogP contribution in [0, 0.1) is 0 Å². The van der Waals surface area contributed by atoms with Crippen LogP contribution in [-0.4, -0.2) is 22.1 Å². The van der Waals surface area contributed by atoms with E-state index < -0.39 is 0 Å². The van der Waals surface area contributed by atoms with Gasteiger partial charge in [0.05, 0.1) is 12.9 Å². The SMILES string of the molecule is CCOC(=O)Cn1cnc(Br)c1. The van der Waals surface area contributed by atoms with Crippen LogP contribution in [-0.2, 0) is 16.1 Å². The maximum atomic E-state index is 10.9. The molecule has 0 amide bonds. The summed E-state index contributed by atoms with van der Waals surface area (Å²) in [6.07, 6.45) is 3.29. The molecule has 1 aromatic heterocycles. The van der Waals surface area contributed by atoms with E-state index >= 15 is 0 Å². The summed E-state index contributed by atoms with van der Waals surface area (Å²) >= 11 is 3.18. The molecule has 0 fully saturated rings. The van der Waals surface area contributed by atoms with Crippen molar-refractivity contribution in [2.24, 2.45) is 0 Å². The number of esters is 1. The molecule has 0 aliphatic heterocycles. The van der Waals surface area contributed by atoms with E-state index in [9.17, 15) is 4.79 Å². The lowest BCUT2D eigenvalue weighted by atomic mass is 10.6. The van der Waals surface area contributed by atoms with Crippen LogP contribution in [0.2, 0.25) is 0 Å². The van der Waals surface area contributed by atoms with Gasteiger partial charge < -0.3 is 9.30 Å². The van der Waals surface area contributed by atoms with Crippen molar-refractivity contribution >= 4 is 21.9 Å². The topological polar surface area (TPSA) is 44.1 Å². The Hall–Kier alpha value is -0.840. The van der Waals surface area contributed by atoms with Crippen LogP contribution < -0.4 is 0 Å². The number of hydrogen-bond acceptors (Lipinski definition) is 3. The van der Waals surface area contributed by atoms with Gasteiger partial charge in [-0.05, 0) is 22.9 Å². The number of nitrogens with zero attached hydrogens (tertiary/aromatic N) is 2. The predicted octanol–water partition coefficient (Wildman–Crippen LogP) is 1.21. The van der Waals surface area contributed by atoms with Gasteiger partial charge in [-0.15, -0.1) is 0 Å². The van der Waals surface area contributed by atoms with Crippen LogP contribution in [0.5, 0.6) is 0 Å². The number of halogens is 1. The van der Waals surface area contributed by atoms with E-state index in [0.717, 1.165) is 0 Å². The minimum Gasteiger partial charge on any atom is -0.465 e. The minimum atomic E-state index is -0.248. The molecule has 0 unspecified atom stereocenters. The summed E-state index contributed by atoms with van der Waals surface area (Å²) in [4.78, 5) is 14.8. The number of rotatable bonds is 3. The summed E-state index contributed by atoms with van der Waals surface area (Å²) in [6, 6.07) is 0. The number of aromatic nitrogens is 2. The molecule has 0 N–H and O–H groups in total. The average Bonchev–Trinajstić information content (AvgIpc) is 2.36. The molecule has 12 heavy (non-hydrogen) atoms. The fourth-order valence-corrected chi connectivity index (χ4v) is 1.13. The van der Waals surface area contributed by atoms with Gasteiger partial charge >= 0.3 is 5.97 Å². The monoisotopic (exact) mass is 232 g/mol. The molecule has 1 aromatic rings. The van der Waals surface area contributed by atoms with Crippen molar-refractivity contribution < 1.29 is 9.53 Å². The second-order valence-corrected chi connectivity index (χ2v) is 2.99. The zero-order chi connectivity index (χ0) is 8.97. The molecule has 5 heteroatoms. The third kappa shape index (κ3) is 2.65. The molecule has 0 bridgehead atoms. The molecule has 1 heterocycles. The highest BCUT2D eigenvalue weighted by Gasteiger charge is 2.02. The Labute approximate surface area is 78.7 Å². The molecule has 0 aromatic carbocycles. The van der Waals surface area contributed by atoms with E-state index in [-0.39, 0.29) is 12.5 Å². The molecular formula is C7H9BrN2O2. The zero-order valence-electron chi connectivity index (χ0n) is 6.66. The first kappa shape index (κ1) is 9.25. The molecule has 0 atom stereocenters. The standard InChI is InChI=1S/C7H9BrN2O2/c1-2-12-7(11)4-10-3-6(8)9-5-10/h3,5H,2,4H2,1H3. The summed E-state index contributed by atoms with van der Waals surface area (Å²) in [5, 5.41) is 0. The molecule has 0 radical (unpaired) electrons. The molecule has 1 rings (SSSR count). The highest BCUT2D eigenvalue weighted by molar-refractivity contribution is 9.10. The summed E-state index contributed by atoms with van der Waals surface area (Å²) in [5.41, 5.74) is 0. The molecule has 4 nitrogen and oxygen atoms in total. The van der Waals surface area contributed by atoms with Gasteiger partial charge in [-0.1, -0.05) is 0 Å².